The van der Waals surface area contributed by atoms with Crippen LogP contribution in [0.2, 0.25) is 39.3 Å². The lowest BCUT2D eigenvalue weighted by Crippen LogP contribution is -2.57. The molecule has 0 saturated heterocycles. The molecule has 0 aliphatic carbocycles. The van der Waals surface area contributed by atoms with E-state index in [9.17, 15) is 14.4 Å². The van der Waals surface area contributed by atoms with Crippen LogP contribution in [0.1, 0.15) is 5.56 Å². The molecule has 0 amide bonds. The lowest BCUT2D eigenvalue weighted by Gasteiger charge is -2.30. The molecule has 0 aliphatic rings. The van der Waals surface area contributed by atoms with Gasteiger partial charge in [-0.3, -0.25) is 4.57 Å². The van der Waals surface area contributed by atoms with Crippen LogP contribution in [0.15, 0.2) is 18.2 Å². The maximum Gasteiger partial charge on any atom is 0.329 e. The van der Waals surface area contributed by atoms with Gasteiger partial charge < -0.3 is 9.79 Å². The van der Waals surface area contributed by atoms with Gasteiger partial charge in [-0.25, -0.2) is 0 Å². The fourth-order valence-corrected chi connectivity index (χ4v) is 9.10. The summed E-state index contributed by atoms with van der Waals surface area (Å²) in [6.45, 7) is 13.6. The Kier molecular flexibility index (Phi) is 4.70. The largest absolute Gasteiger partial charge is 0.329 e. The van der Waals surface area contributed by atoms with Gasteiger partial charge in [0.2, 0.25) is 0 Å². The molecule has 2 N–H and O–H groups in total. The topological polar surface area (TPSA) is 57.5 Å². The molecule has 0 bridgehead atoms. The van der Waals surface area contributed by atoms with Crippen LogP contribution in [0.25, 0.3) is 0 Å². The third-order valence-electron chi connectivity index (χ3n) is 3.09. The second-order valence-electron chi connectivity index (χ2n) is 7.16. The summed E-state index contributed by atoms with van der Waals surface area (Å²) >= 11 is 0. The van der Waals surface area contributed by atoms with Crippen LogP contribution in [0.4, 0.5) is 0 Å². The number of benzene rings is 1. The summed E-state index contributed by atoms with van der Waals surface area (Å²) in [5, 5.41) is 2.62. The quantitative estimate of drug-likeness (QED) is 0.663. The van der Waals surface area contributed by atoms with Crippen molar-refractivity contribution in [3.63, 3.8) is 0 Å². The van der Waals surface area contributed by atoms with Gasteiger partial charge in [0, 0.05) is 0 Å². The van der Waals surface area contributed by atoms with Gasteiger partial charge in [0.1, 0.15) is 0 Å². The van der Waals surface area contributed by atoms with Crippen LogP contribution in [-0.4, -0.2) is 25.9 Å². The predicted molar refractivity (Wildman–Crippen MR) is 88.2 cm³/mol. The van der Waals surface area contributed by atoms with E-state index in [1.807, 2.05) is 12.1 Å². The van der Waals surface area contributed by atoms with Crippen LogP contribution >= 0.6 is 7.60 Å². The van der Waals surface area contributed by atoms with Crippen molar-refractivity contribution in [3.05, 3.63) is 23.8 Å². The fourth-order valence-electron chi connectivity index (χ4n) is 2.46. The van der Waals surface area contributed by atoms with E-state index in [-0.39, 0.29) is 6.16 Å². The second-order valence-corrected chi connectivity index (χ2v) is 18.8. The molecule has 0 unspecified atom stereocenters. The molecular formula is C13H25O3PSi2. The first-order valence-corrected chi connectivity index (χ1v) is 15.3. The molecular weight excluding hydrogens is 291 g/mol. The van der Waals surface area contributed by atoms with Crippen LogP contribution in [0.5, 0.6) is 0 Å². The first-order chi connectivity index (χ1) is 8.32. The molecule has 0 fully saturated rings. The number of rotatable bonds is 4. The SMILES string of the molecule is C[Si](C)(C)c1cccc(CP(=O)(O)O)c1[Si](C)(C)C. The average molecular weight is 316 g/mol. The second kappa shape index (κ2) is 5.30. The van der Waals surface area contributed by atoms with Gasteiger partial charge in [-0.1, -0.05) is 67.9 Å². The highest BCUT2D eigenvalue weighted by molar-refractivity contribution is 7.50. The highest BCUT2D eigenvalue weighted by Gasteiger charge is 2.31. The van der Waals surface area contributed by atoms with E-state index in [0.717, 1.165) is 5.56 Å². The number of hydrogen-bond acceptors (Lipinski definition) is 1. The van der Waals surface area contributed by atoms with E-state index >= 15 is 0 Å². The molecule has 0 saturated carbocycles. The van der Waals surface area contributed by atoms with Crippen molar-refractivity contribution in [1.29, 1.82) is 0 Å². The molecule has 0 atom stereocenters. The Hall–Kier alpha value is -0.196. The molecule has 0 spiro atoms. The van der Waals surface area contributed by atoms with E-state index < -0.39 is 23.7 Å². The lowest BCUT2D eigenvalue weighted by atomic mass is 10.2. The Balaban J connectivity index is 3.53. The van der Waals surface area contributed by atoms with Crippen molar-refractivity contribution in [1.82, 2.24) is 0 Å². The molecule has 3 nitrogen and oxygen atoms in total. The molecule has 1 rings (SSSR count). The molecule has 0 aliphatic heterocycles. The summed E-state index contributed by atoms with van der Waals surface area (Å²) in [6.07, 6.45) is -0.134. The Labute approximate surface area is 118 Å². The molecule has 0 aromatic heterocycles. The zero-order valence-corrected chi connectivity index (χ0v) is 15.6. The first kappa shape index (κ1) is 16.9. The zero-order valence-electron chi connectivity index (χ0n) is 12.7. The average Bonchev–Trinajstić information content (AvgIpc) is 2.11. The number of hydrogen-bond donors (Lipinski definition) is 2. The smallest absolute Gasteiger partial charge is 0.324 e. The van der Waals surface area contributed by atoms with Crippen molar-refractivity contribution < 1.29 is 14.4 Å². The van der Waals surface area contributed by atoms with E-state index in [4.69, 9.17) is 0 Å². The maximum absolute atomic E-state index is 11.4. The van der Waals surface area contributed by atoms with Crippen LogP contribution in [0, 0.1) is 0 Å². The highest BCUT2D eigenvalue weighted by atomic mass is 31.2. The summed E-state index contributed by atoms with van der Waals surface area (Å²) in [6, 6.07) is 5.99. The Morgan fingerprint density at radius 1 is 1.00 bits per heavy atom. The molecule has 1 aromatic carbocycles. The summed E-state index contributed by atoms with van der Waals surface area (Å²) in [5.74, 6) is 0. The van der Waals surface area contributed by atoms with Crippen molar-refractivity contribution in [2.75, 3.05) is 0 Å². The molecule has 6 heteroatoms. The molecule has 108 valence electrons. The molecule has 0 heterocycles. The first-order valence-electron chi connectivity index (χ1n) is 6.50. The van der Waals surface area contributed by atoms with E-state index in [1.54, 1.807) is 0 Å². The fraction of sp³-hybridized carbons (Fsp3) is 0.538. The van der Waals surface area contributed by atoms with E-state index in [1.165, 1.54) is 10.4 Å². The highest BCUT2D eigenvalue weighted by Crippen LogP contribution is 2.38. The van der Waals surface area contributed by atoms with E-state index in [2.05, 4.69) is 45.3 Å². The summed E-state index contributed by atoms with van der Waals surface area (Å²) in [4.78, 5) is 18.6. The summed E-state index contributed by atoms with van der Waals surface area (Å²) < 4.78 is 11.4. The minimum absolute atomic E-state index is 0.134. The Morgan fingerprint density at radius 3 is 1.89 bits per heavy atom. The van der Waals surface area contributed by atoms with Crippen molar-refractivity contribution >= 4 is 34.1 Å². The van der Waals surface area contributed by atoms with Gasteiger partial charge in [0.05, 0.1) is 22.3 Å². The Morgan fingerprint density at radius 2 is 1.53 bits per heavy atom. The minimum Gasteiger partial charge on any atom is -0.324 e. The third-order valence-corrected chi connectivity index (χ3v) is 8.21. The van der Waals surface area contributed by atoms with Crippen LogP contribution in [-0.2, 0) is 10.7 Å². The standard InChI is InChI=1S/C13H25O3PSi2/c1-18(2,3)12-9-7-8-11(10-17(14,15)16)13(12)19(4,5)6/h7-9H,10H2,1-6H3,(H2,14,15,16). The van der Waals surface area contributed by atoms with Gasteiger partial charge in [0.25, 0.3) is 0 Å². The van der Waals surface area contributed by atoms with Crippen molar-refractivity contribution in [2.24, 2.45) is 0 Å². The van der Waals surface area contributed by atoms with Crippen molar-refractivity contribution in [3.8, 4) is 0 Å². The van der Waals surface area contributed by atoms with Crippen LogP contribution < -0.4 is 10.4 Å². The Bertz CT molecular complexity index is 510. The monoisotopic (exact) mass is 316 g/mol. The molecule has 1 aromatic rings. The van der Waals surface area contributed by atoms with E-state index in [0.29, 0.717) is 0 Å². The van der Waals surface area contributed by atoms with Gasteiger partial charge in [-0.15, -0.1) is 0 Å². The molecule has 0 radical (unpaired) electrons. The summed E-state index contributed by atoms with van der Waals surface area (Å²) in [7, 11) is -7.17. The van der Waals surface area contributed by atoms with Gasteiger partial charge in [-0.05, 0) is 5.56 Å². The minimum atomic E-state index is -4.02. The van der Waals surface area contributed by atoms with Gasteiger partial charge in [-0.2, -0.15) is 0 Å². The zero-order chi connectivity index (χ0) is 15.1. The third kappa shape index (κ3) is 4.69. The lowest BCUT2D eigenvalue weighted by molar-refractivity contribution is 0.372. The van der Waals surface area contributed by atoms with Gasteiger partial charge >= 0.3 is 7.60 Å². The van der Waals surface area contributed by atoms with Crippen LogP contribution in [0.3, 0.4) is 0 Å². The summed E-state index contributed by atoms with van der Waals surface area (Å²) in [5.41, 5.74) is 0.854. The van der Waals surface area contributed by atoms with Gasteiger partial charge in [0.15, 0.2) is 0 Å². The predicted octanol–water partition coefficient (Wildman–Crippen LogP) is 2.45. The normalized spacial score (nSPS) is 13.7. The maximum atomic E-state index is 11.4. The molecule has 19 heavy (non-hydrogen) atoms. The van der Waals surface area contributed by atoms with Crippen molar-refractivity contribution in [2.45, 2.75) is 45.4 Å².